The number of anilines is 1. The third-order valence-electron chi connectivity index (χ3n) is 4.16. The first-order valence-electron chi connectivity index (χ1n) is 7.67. The summed E-state index contributed by atoms with van der Waals surface area (Å²) in [6.45, 7) is 0. The van der Waals surface area contributed by atoms with E-state index in [1.54, 1.807) is 7.11 Å². The molecule has 0 saturated heterocycles. The maximum Gasteiger partial charge on any atom is 0.118 e. The van der Waals surface area contributed by atoms with Crippen LogP contribution in [0.15, 0.2) is 84.1 Å². The van der Waals surface area contributed by atoms with Gasteiger partial charge in [0.25, 0.3) is 0 Å². The summed E-state index contributed by atoms with van der Waals surface area (Å²) < 4.78 is 5.25. The lowest BCUT2D eigenvalue weighted by atomic mass is 9.96. The Hall–Kier alpha value is -3.00. The highest BCUT2D eigenvalue weighted by atomic mass is 16.5. The van der Waals surface area contributed by atoms with Gasteiger partial charge in [0.05, 0.1) is 12.8 Å². The van der Waals surface area contributed by atoms with Gasteiger partial charge in [0.15, 0.2) is 0 Å². The van der Waals surface area contributed by atoms with Crippen molar-refractivity contribution >= 4 is 11.8 Å². The van der Waals surface area contributed by atoms with Crippen molar-refractivity contribution in [1.29, 1.82) is 0 Å². The summed E-state index contributed by atoms with van der Waals surface area (Å²) in [6, 6.07) is 14.6. The Labute approximate surface area is 136 Å². The van der Waals surface area contributed by atoms with Crippen molar-refractivity contribution in [3.63, 3.8) is 0 Å². The van der Waals surface area contributed by atoms with E-state index in [0.717, 1.165) is 17.1 Å². The molecule has 112 valence electrons. The molecule has 1 aliphatic carbocycles. The molecular weight excluding hydrogens is 282 g/mol. The van der Waals surface area contributed by atoms with Gasteiger partial charge in [-0.15, -0.1) is 0 Å². The molecule has 0 spiro atoms. The summed E-state index contributed by atoms with van der Waals surface area (Å²) in [4.78, 5) is 0. The molecule has 0 saturated carbocycles. The third-order valence-corrected chi connectivity index (χ3v) is 4.16. The van der Waals surface area contributed by atoms with E-state index in [0.29, 0.717) is 0 Å². The molecule has 2 nitrogen and oxygen atoms in total. The largest absolute Gasteiger partial charge is 0.497 e. The molecule has 0 atom stereocenters. The zero-order chi connectivity index (χ0) is 15.6. The van der Waals surface area contributed by atoms with Crippen LogP contribution in [0, 0.1) is 0 Å². The molecule has 1 aliphatic heterocycles. The van der Waals surface area contributed by atoms with Crippen molar-refractivity contribution in [1.82, 2.24) is 0 Å². The first-order chi connectivity index (χ1) is 11.3. The van der Waals surface area contributed by atoms with Crippen LogP contribution >= 0.6 is 0 Å². The standard InChI is InChI=1S/C21H17NO/c1-23-18-12-9-15(10-13-18)19-8-4-7-17-11-14-20(22-21(17)19)16-5-2-3-6-16/h2-14,22H,1H3. The molecule has 1 N–H and O–H groups in total. The van der Waals surface area contributed by atoms with Crippen LogP contribution in [0.2, 0.25) is 0 Å². The van der Waals surface area contributed by atoms with Gasteiger partial charge < -0.3 is 10.1 Å². The molecule has 0 aromatic heterocycles. The average Bonchev–Trinajstić information content (AvgIpc) is 3.15. The number of para-hydroxylation sites is 1. The molecule has 2 aromatic carbocycles. The second-order valence-electron chi connectivity index (χ2n) is 5.54. The van der Waals surface area contributed by atoms with E-state index in [4.69, 9.17) is 4.74 Å². The molecule has 0 bridgehead atoms. The predicted octanol–water partition coefficient (Wildman–Crippen LogP) is 5.18. The Morgan fingerprint density at radius 1 is 0.826 bits per heavy atom. The molecular formula is C21H17NO. The van der Waals surface area contributed by atoms with Crippen molar-refractivity contribution in [2.75, 3.05) is 12.4 Å². The van der Waals surface area contributed by atoms with Gasteiger partial charge >= 0.3 is 0 Å². The Morgan fingerprint density at radius 2 is 1.61 bits per heavy atom. The van der Waals surface area contributed by atoms with Gasteiger partial charge in [-0.3, -0.25) is 0 Å². The third kappa shape index (κ3) is 2.49. The van der Waals surface area contributed by atoms with Gasteiger partial charge in [-0.1, -0.05) is 60.7 Å². The maximum absolute atomic E-state index is 5.25. The Bertz CT molecular complexity index is 853. The van der Waals surface area contributed by atoms with E-state index in [9.17, 15) is 0 Å². The number of methoxy groups -OCH3 is 1. The van der Waals surface area contributed by atoms with Gasteiger partial charge in [-0.2, -0.15) is 0 Å². The monoisotopic (exact) mass is 299 g/mol. The van der Waals surface area contributed by atoms with Crippen LogP contribution in [0.1, 0.15) is 5.56 Å². The normalized spacial score (nSPS) is 14.8. The van der Waals surface area contributed by atoms with Crippen LogP contribution in [-0.2, 0) is 0 Å². The van der Waals surface area contributed by atoms with E-state index in [1.165, 1.54) is 22.3 Å². The minimum absolute atomic E-state index is 0.871. The van der Waals surface area contributed by atoms with Crippen LogP contribution in [-0.4, -0.2) is 7.11 Å². The summed E-state index contributed by atoms with van der Waals surface area (Å²) in [6.07, 6.45) is 12.7. The number of benzene rings is 2. The Balaban J connectivity index is 1.79. The summed E-state index contributed by atoms with van der Waals surface area (Å²) >= 11 is 0. The number of hydrogen-bond acceptors (Lipinski definition) is 2. The number of rotatable bonds is 2. The number of allylic oxidation sites excluding steroid dienone is 6. The van der Waals surface area contributed by atoms with Crippen LogP contribution < -0.4 is 10.1 Å². The first-order valence-corrected chi connectivity index (χ1v) is 7.67. The number of nitrogens with one attached hydrogen (secondary N) is 1. The van der Waals surface area contributed by atoms with E-state index in [-0.39, 0.29) is 0 Å². The lowest BCUT2D eigenvalue weighted by Crippen LogP contribution is -2.06. The predicted molar refractivity (Wildman–Crippen MR) is 96.4 cm³/mol. The molecule has 23 heavy (non-hydrogen) atoms. The highest BCUT2D eigenvalue weighted by Gasteiger charge is 2.14. The van der Waals surface area contributed by atoms with Gasteiger partial charge in [-0.05, 0) is 34.9 Å². The molecule has 0 amide bonds. The number of fused-ring (bicyclic) bond motifs is 1. The molecule has 0 fully saturated rings. The van der Waals surface area contributed by atoms with Crippen molar-refractivity contribution in [2.24, 2.45) is 0 Å². The van der Waals surface area contributed by atoms with E-state index >= 15 is 0 Å². The van der Waals surface area contributed by atoms with Gasteiger partial charge in [-0.25, -0.2) is 0 Å². The number of ether oxygens (including phenoxy) is 1. The molecule has 4 rings (SSSR count). The fourth-order valence-corrected chi connectivity index (χ4v) is 2.93. The van der Waals surface area contributed by atoms with Crippen LogP contribution in [0.4, 0.5) is 5.69 Å². The van der Waals surface area contributed by atoms with E-state index < -0.39 is 0 Å². The van der Waals surface area contributed by atoms with E-state index in [2.05, 4.69) is 72.1 Å². The number of hydrogen-bond donors (Lipinski definition) is 1. The van der Waals surface area contributed by atoms with Crippen molar-refractivity contribution in [3.05, 3.63) is 89.7 Å². The molecule has 2 aliphatic rings. The summed E-state index contributed by atoms with van der Waals surface area (Å²) in [5.74, 6) is 0.871. The molecule has 2 heteroatoms. The van der Waals surface area contributed by atoms with Gasteiger partial charge in [0, 0.05) is 11.3 Å². The highest BCUT2D eigenvalue weighted by Crippen LogP contribution is 2.36. The highest BCUT2D eigenvalue weighted by molar-refractivity contribution is 5.89. The minimum Gasteiger partial charge on any atom is -0.497 e. The second-order valence-corrected chi connectivity index (χ2v) is 5.54. The molecule has 2 aromatic rings. The lowest BCUT2D eigenvalue weighted by molar-refractivity contribution is 0.415. The molecule has 0 radical (unpaired) electrons. The van der Waals surface area contributed by atoms with Gasteiger partial charge in [0.2, 0.25) is 0 Å². The zero-order valence-electron chi connectivity index (χ0n) is 12.9. The summed E-state index contributed by atoms with van der Waals surface area (Å²) in [5, 5.41) is 3.59. The Morgan fingerprint density at radius 3 is 2.35 bits per heavy atom. The first kappa shape index (κ1) is 13.6. The van der Waals surface area contributed by atoms with Gasteiger partial charge in [0.1, 0.15) is 5.75 Å². The Kier molecular flexibility index (Phi) is 3.35. The summed E-state index contributed by atoms with van der Waals surface area (Å²) in [7, 11) is 1.69. The average molecular weight is 299 g/mol. The van der Waals surface area contributed by atoms with Crippen molar-refractivity contribution in [2.45, 2.75) is 0 Å². The summed E-state index contributed by atoms with van der Waals surface area (Å²) in [5.41, 5.74) is 7.05. The van der Waals surface area contributed by atoms with Crippen LogP contribution in [0.25, 0.3) is 17.2 Å². The zero-order valence-corrected chi connectivity index (χ0v) is 12.9. The van der Waals surface area contributed by atoms with Crippen molar-refractivity contribution in [3.8, 4) is 16.9 Å². The van der Waals surface area contributed by atoms with Crippen molar-refractivity contribution < 1.29 is 4.74 Å². The van der Waals surface area contributed by atoms with E-state index in [1.807, 2.05) is 12.1 Å². The SMILES string of the molecule is COc1ccc(-c2cccc3c2NC(=C2C=CC=C2)C=C3)cc1. The topological polar surface area (TPSA) is 21.3 Å². The maximum atomic E-state index is 5.25. The molecule has 1 heterocycles. The lowest BCUT2D eigenvalue weighted by Gasteiger charge is -2.21. The van der Waals surface area contributed by atoms with Crippen LogP contribution in [0.3, 0.4) is 0 Å². The quantitative estimate of drug-likeness (QED) is 0.825. The fraction of sp³-hybridized carbons (Fsp3) is 0.0476. The van der Waals surface area contributed by atoms with Crippen LogP contribution in [0.5, 0.6) is 5.75 Å². The molecule has 0 unspecified atom stereocenters. The smallest absolute Gasteiger partial charge is 0.118 e. The second kappa shape index (κ2) is 5.65. The fourth-order valence-electron chi connectivity index (χ4n) is 2.93. The minimum atomic E-state index is 0.871.